The van der Waals surface area contributed by atoms with Crippen LogP contribution in [0.2, 0.25) is 0 Å². The highest BCUT2D eigenvalue weighted by molar-refractivity contribution is 5.82. The molecule has 3 N–H and O–H groups in total. The minimum Gasteiger partial charge on any atom is -0.348 e. The summed E-state index contributed by atoms with van der Waals surface area (Å²) >= 11 is 0. The van der Waals surface area contributed by atoms with Crippen molar-refractivity contribution in [2.75, 3.05) is 0 Å². The summed E-state index contributed by atoms with van der Waals surface area (Å²) in [6.07, 6.45) is 0. The Morgan fingerprint density at radius 2 is 1.84 bits per heavy atom. The van der Waals surface area contributed by atoms with Gasteiger partial charge in [-0.1, -0.05) is 26.8 Å². The highest BCUT2D eigenvalue weighted by Crippen LogP contribution is 2.20. The molecule has 0 spiro atoms. The van der Waals surface area contributed by atoms with E-state index in [4.69, 9.17) is 5.73 Å². The topological polar surface area (TPSA) is 55.1 Å². The van der Waals surface area contributed by atoms with Crippen LogP contribution < -0.4 is 11.1 Å². The molecule has 0 saturated heterocycles. The van der Waals surface area contributed by atoms with Crippen LogP contribution in [0.4, 0.5) is 8.78 Å². The molecule has 1 amide bonds. The van der Waals surface area contributed by atoms with Crippen LogP contribution in [-0.2, 0) is 4.79 Å². The maximum absolute atomic E-state index is 13.1. The van der Waals surface area contributed by atoms with Gasteiger partial charge in [-0.25, -0.2) is 8.78 Å². The predicted molar refractivity (Wildman–Crippen MR) is 70.3 cm³/mol. The Balaban J connectivity index is 2.77. The van der Waals surface area contributed by atoms with E-state index in [-0.39, 0.29) is 11.3 Å². The molecule has 0 heterocycles. The molecule has 0 aliphatic rings. The fraction of sp³-hybridized carbons (Fsp3) is 0.500. The minimum absolute atomic E-state index is 0.315. The first-order valence-corrected chi connectivity index (χ1v) is 6.14. The zero-order valence-corrected chi connectivity index (χ0v) is 11.6. The van der Waals surface area contributed by atoms with Crippen LogP contribution in [0.3, 0.4) is 0 Å². The number of rotatable bonds is 3. The second-order valence-corrected chi connectivity index (χ2v) is 5.75. The van der Waals surface area contributed by atoms with Gasteiger partial charge in [0.1, 0.15) is 0 Å². The third-order valence-corrected chi connectivity index (χ3v) is 3.02. The summed E-state index contributed by atoms with van der Waals surface area (Å²) in [4.78, 5) is 11.9. The van der Waals surface area contributed by atoms with Crippen LogP contribution in [0.15, 0.2) is 18.2 Å². The standard InChI is InChI=1S/C14H20F2N2O/c1-8(9-5-6-10(15)11(16)7-9)18-13(19)12(17)14(2,3)4/h5-8,12H,17H2,1-4H3,(H,18,19). The van der Waals surface area contributed by atoms with Gasteiger partial charge >= 0.3 is 0 Å². The van der Waals surface area contributed by atoms with Crippen LogP contribution in [0.25, 0.3) is 0 Å². The van der Waals surface area contributed by atoms with Crippen molar-refractivity contribution in [3.05, 3.63) is 35.4 Å². The summed E-state index contributed by atoms with van der Waals surface area (Å²) in [6.45, 7) is 7.28. The lowest BCUT2D eigenvalue weighted by Gasteiger charge is -2.27. The maximum Gasteiger partial charge on any atom is 0.237 e. The third-order valence-electron chi connectivity index (χ3n) is 3.02. The van der Waals surface area contributed by atoms with Gasteiger partial charge in [0.2, 0.25) is 5.91 Å². The Kier molecular flexibility index (Phi) is 4.63. The van der Waals surface area contributed by atoms with Crippen LogP contribution in [-0.4, -0.2) is 11.9 Å². The van der Waals surface area contributed by atoms with Gasteiger partial charge in [0.15, 0.2) is 11.6 Å². The first-order chi connectivity index (χ1) is 8.62. The largest absolute Gasteiger partial charge is 0.348 e. The van der Waals surface area contributed by atoms with Crippen molar-refractivity contribution >= 4 is 5.91 Å². The molecule has 1 rings (SSSR count). The van der Waals surface area contributed by atoms with Crippen molar-refractivity contribution in [2.24, 2.45) is 11.1 Å². The Bertz CT molecular complexity index is 469. The molecule has 0 aromatic heterocycles. The molecule has 2 unspecified atom stereocenters. The molecule has 0 bridgehead atoms. The van der Waals surface area contributed by atoms with E-state index in [1.807, 2.05) is 20.8 Å². The molecule has 5 heteroatoms. The Hall–Kier alpha value is -1.49. The van der Waals surface area contributed by atoms with Crippen LogP contribution >= 0.6 is 0 Å². The summed E-state index contributed by atoms with van der Waals surface area (Å²) < 4.78 is 25.9. The lowest BCUT2D eigenvalue weighted by Crippen LogP contribution is -2.49. The van der Waals surface area contributed by atoms with E-state index in [0.717, 1.165) is 12.1 Å². The van der Waals surface area contributed by atoms with Gasteiger partial charge in [-0.15, -0.1) is 0 Å². The van der Waals surface area contributed by atoms with Crippen molar-refractivity contribution < 1.29 is 13.6 Å². The molecule has 19 heavy (non-hydrogen) atoms. The van der Waals surface area contributed by atoms with E-state index in [9.17, 15) is 13.6 Å². The molecular formula is C14H20F2N2O. The van der Waals surface area contributed by atoms with Gasteiger partial charge in [-0.3, -0.25) is 4.79 Å². The van der Waals surface area contributed by atoms with Gasteiger partial charge < -0.3 is 11.1 Å². The third kappa shape index (κ3) is 3.99. The van der Waals surface area contributed by atoms with E-state index in [1.165, 1.54) is 6.07 Å². The second kappa shape index (κ2) is 5.65. The number of halogens is 2. The molecule has 0 fully saturated rings. The zero-order chi connectivity index (χ0) is 14.8. The van der Waals surface area contributed by atoms with E-state index in [2.05, 4.69) is 5.32 Å². The van der Waals surface area contributed by atoms with E-state index in [1.54, 1.807) is 6.92 Å². The monoisotopic (exact) mass is 270 g/mol. The number of amides is 1. The van der Waals surface area contributed by atoms with Crippen molar-refractivity contribution in [1.82, 2.24) is 5.32 Å². The fourth-order valence-corrected chi connectivity index (χ4v) is 1.56. The molecule has 106 valence electrons. The first-order valence-electron chi connectivity index (χ1n) is 6.14. The highest BCUT2D eigenvalue weighted by Gasteiger charge is 2.28. The summed E-state index contributed by atoms with van der Waals surface area (Å²) in [5, 5.41) is 2.70. The number of hydrogen-bond acceptors (Lipinski definition) is 2. The first kappa shape index (κ1) is 15.6. The quantitative estimate of drug-likeness (QED) is 0.886. The van der Waals surface area contributed by atoms with E-state index in [0.29, 0.717) is 5.56 Å². The van der Waals surface area contributed by atoms with Crippen LogP contribution in [0.1, 0.15) is 39.3 Å². The number of benzene rings is 1. The SMILES string of the molecule is CC(NC(=O)C(N)C(C)(C)C)c1ccc(F)c(F)c1. The predicted octanol–water partition coefficient (Wildman–Crippen LogP) is 2.52. The maximum atomic E-state index is 13.1. The Morgan fingerprint density at radius 3 is 2.32 bits per heavy atom. The summed E-state index contributed by atoms with van der Waals surface area (Å²) in [5.41, 5.74) is 5.96. The molecule has 1 aromatic carbocycles. The van der Waals surface area contributed by atoms with E-state index >= 15 is 0 Å². The molecule has 1 aromatic rings. The normalized spacial score (nSPS) is 14.9. The Morgan fingerprint density at radius 1 is 1.26 bits per heavy atom. The van der Waals surface area contributed by atoms with Crippen LogP contribution in [0, 0.1) is 17.0 Å². The smallest absolute Gasteiger partial charge is 0.237 e. The zero-order valence-electron chi connectivity index (χ0n) is 11.6. The van der Waals surface area contributed by atoms with Crippen LogP contribution in [0.5, 0.6) is 0 Å². The fourth-order valence-electron chi connectivity index (χ4n) is 1.56. The molecule has 0 aliphatic carbocycles. The summed E-state index contributed by atoms with van der Waals surface area (Å²) in [5.74, 6) is -2.16. The lowest BCUT2D eigenvalue weighted by atomic mass is 9.86. The number of nitrogens with one attached hydrogen (secondary N) is 1. The number of carbonyl (C=O) groups excluding carboxylic acids is 1. The average Bonchev–Trinajstić information content (AvgIpc) is 2.30. The summed E-state index contributed by atoms with van der Waals surface area (Å²) in [6, 6.07) is 2.45. The van der Waals surface area contributed by atoms with Crippen molar-refractivity contribution in [1.29, 1.82) is 0 Å². The van der Waals surface area contributed by atoms with Crippen molar-refractivity contribution in [3.8, 4) is 0 Å². The highest BCUT2D eigenvalue weighted by atomic mass is 19.2. The number of nitrogens with two attached hydrogens (primary N) is 1. The average molecular weight is 270 g/mol. The molecular weight excluding hydrogens is 250 g/mol. The van der Waals surface area contributed by atoms with Gasteiger partial charge in [0.05, 0.1) is 12.1 Å². The molecule has 0 saturated carbocycles. The second-order valence-electron chi connectivity index (χ2n) is 5.75. The molecule has 0 radical (unpaired) electrons. The Labute approximate surface area is 112 Å². The minimum atomic E-state index is -0.932. The number of carbonyl (C=O) groups is 1. The van der Waals surface area contributed by atoms with Gasteiger partial charge in [0.25, 0.3) is 0 Å². The van der Waals surface area contributed by atoms with Gasteiger partial charge in [-0.05, 0) is 30.0 Å². The van der Waals surface area contributed by atoms with Gasteiger partial charge in [0, 0.05) is 0 Å². The molecule has 0 aliphatic heterocycles. The van der Waals surface area contributed by atoms with Crippen molar-refractivity contribution in [2.45, 2.75) is 39.8 Å². The number of hydrogen-bond donors (Lipinski definition) is 2. The van der Waals surface area contributed by atoms with Crippen molar-refractivity contribution in [3.63, 3.8) is 0 Å². The molecule has 2 atom stereocenters. The molecule has 3 nitrogen and oxygen atoms in total. The summed E-state index contributed by atoms with van der Waals surface area (Å²) in [7, 11) is 0. The van der Waals surface area contributed by atoms with Gasteiger partial charge in [-0.2, -0.15) is 0 Å². The lowest BCUT2D eigenvalue weighted by molar-refractivity contribution is -0.125. The van der Waals surface area contributed by atoms with E-state index < -0.39 is 23.7 Å².